The van der Waals surface area contributed by atoms with Gasteiger partial charge in [0.05, 0.1) is 0 Å². The number of carbonyl (C=O) groups excluding carboxylic acids is 1. The summed E-state index contributed by atoms with van der Waals surface area (Å²) < 4.78 is 11.2. The first-order valence-corrected chi connectivity index (χ1v) is 2.10. The van der Waals surface area contributed by atoms with Crippen LogP contribution in [0.4, 0.5) is 4.53 Å². The zero-order valence-corrected chi connectivity index (χ0v) is 4.77. The van der Waals surface area contributed by atoms with E-state index in [2.05, 4.69) is 10.7 Å². The van der Waals surface area contributed by atoms with Crippen LogP contribution >= 0.6 is 0 Å². The molecular weight excluding hydrogens is 113 g/mol. The van der Waals surface area contributed by atoms with E-state index in [4.69, 9.17) is 0 Å². The summed E-state index contributed by atoms with van der Waals surface area (Å²) in [6.07, 6.45) is 0. The van der Waals surface area contributed by atoms with Crippen LogP contribution in [0.5, 0.6) is 0 Å². The van der Waals surface area contributed by atoms with Gasteiger partial charge in [0.1, 0.15) is 0 Å². The summed E-state index contributed by atoms with van der Waals surface area (Å²) in [4.78, 5) is 13.3. The molecule has 0 aromatic rings. The molecule has 0 unspecified atom stereocenters. The molecule has 0 atom stereocenters. The van der Waals surface area contributed by atoms with Crippen LogP contribution in [0.3, 0.4) is 0 Å². The zero-order valence-electron chi connectivity index (χ0n) is 4.77. The Morgan fingerprint density at radius 2 is 2.12 bits per heavy atom. The highest BCUT2D eigenvalue weighted by Gasteiger charge is 2.26. The molecule has 0 aliphatic rings. The maximum atomic E-state index is 11.2. The van der Waals surface area contributed by atoms with Crippen molar-refractivity contribution in [2.45, 2.75) is 19.4 Å². The highest BCUT2D eigenvalue weighted by Crippen LogP contribution is 2.06. The van der Waals surface area contributed by atoms with Crippen molar-refractivity contribution in [1.29, 1.82) is 0 Å². The first kappa shape index (κ1) is 7.36. The summed E-state index contributed by atoms with van der Waals surface area (Å²) >= 11 is 0. The Bertz CT molecular complexity index is 102. The average Bonchev–Trinajstić information content (AvgIpc) is 1.67. The Balaban J connectivity index is 3.91. The molecule has 0 bridgehead atoms. The lowest BCUT2D eigenvalue weighted by molar-refractivity contribution is -0.218. The number of carbonyl (C=O) groups is 1. The molecule has 0 fully saturated rings. The van der Waals surface area contributed by atoms with Crippen LogP contribution in [0.15, 0.2) is 0 Å². The standard InChI is InChI=1S/C4H8FNO2/c1-4(2,8-5)3(6)7/h1-2H3,(H2,6,7). The van der Waals surface area contributed by atoms with Crippen LogP contribution in [0, 0.1) is 0 Å². The van der Waals surface area contributed by atoms with Gasteiger partial charge in [0.25, 0.3) is 5.91 Å². The molecule has 0 aromatic heterocycles. The third-order valence-corrected chi connectivity index (χ3v) is 0.786. The predicted molar refractivity (Wildman–Crippen MR) is 25.5 cm³/mol. The van der Waals surface area contributed by atoms with Gasteiger partial charge in [0, 0.05) is 0 Å². The fourth-order valence-electron chi connectivity index (χ4n) is 0.0380. The quantitative estimate of drug-likeness (QED) is 0.565. The minimum absolute atomic E-state index is 0.819. The second-order valence-electron chi connectivity index (χ2n) is 1.95. The van der Waals surface area contributed by atoms with Crippen molar-refractivity contribution in [3.63, 3.8) is 0 Å². The molecule has 0 aromatic carbocycles. The predicted octanol–water partition coefficient (Wildman–Crippen LogP) is 0.151. The number of hydrogen-bond donors (Lipinski definition) is 1. The van der Waals surface area contributed by atoms with Crippen LogP contribution in [0.1, 0.15) is 13.8 Å². The van der Waals surface area contributed by atoms with Crippen LogP contribution in [-0.4, -0.2) is 11.5 Å². The summed E-state index contributed by atoms with van der Waals surface area (Å²) in [6, 6.07) is 0. The fourth-order valence-corrected chi connectivity index (χ4v) is 0.0380. The maximum absolute atomic E-state index is 11.2. The van der Waals surface area contributed by atoms with Crippen molar-refractivity contribution in [2.24, 2.45) is 5.73 Å². The maximum Gasteiger partial charge on any atom is 0.252 e. The molecule has 8 heavy (non-hydrogen) atoms. The summed E-state index contributed by atoms with van der Waals surface area (Å²) in [5.41, 5.74) is 3.19. The van der Waals surface area contributed by atoms with E-state index in [1.165, 1.54) is 13.8 Å². The van der Waals surface area contributed by atoms with E-state index in [-0.39, 0.29) is 0 Å². The summed E-state index contributed by atoms with van der Waals surface area (Å²) in [5, 5.41) is 0. The number of amides is 1. The van der Waals surface area contributed by atoms with Crippen molar-refractivity contribution in [3.05, 3.63) is 0 Å². The number of hydrogen-bond acceptors (Lipinski definition) is 2. The first-order valence-electron chi connectivity index (χ1n) is 2.10. The molecule has 2 N–H and O–H groups in total. The second-order valence-corrected chi connectivity index (χ2v) is 1.95. The zero-order chi connectivity index (χ0) is 6.78. The number of primary amides is 1. The molecule has 0 aliphatic carbocycles. The SMILES string of the molecule is CC(C)(OF)C(N)=O. The van der Waals surface area contributed by atoms with Crippen LogP contribution in [-0.2, 0) is 9.74 Å². The Morgan fingerprint density at radius 3 is 2.12 bits per heavy atom. The van der Waals surface area contributed by atoms with Crippen LogP contribution in [0.25, 0.3) is 0 Å². The van der Waals surface area contributed by atoms with E-state index in [1.54, 1.807) is 0 Å². The lowest BCUT2D eigenvalue weighted by Gasteiger charge is -2.12. The van der Waals surface area contributed by atoms with Gasteiger partial charge in [-0.25, -0.2) is 0 Å². The topological polar surface area (TPSA) is 52.3 Å². The molecule has 0 radical (unpaired) electrons. The summed E-state index contributed by atoms with van der Waals surface area (Å²) in [7, 11) is 0. The highest BCUT2D eigenvalue weighted by atomic mass is 19.3. The highest BCUT2D eigenvalue weighted by molar-refractivity contribution is 5.82. The van der Waals surface area contributed by atoms with E-state index < -0.39 is 11.5 Å². The molecule has 48 valence electrons. The Kier molecular flexibility index (Phi) is 1.92. The molecule has 3 nitrogen and oxygen atoms in total. The van der Waals surface area contributed by atoms with Crippen LogP contribution < -0.4 is 5.73 Å². The normalized spacial score (nSPS) is 11.4. The molecule has 0 rings (SSSR count). The van der Waals surface area contributed by atoms with Crippen molar-refractivity contribution in [2.75, 3.05) is 0 Å². The van der Waals surface area contributed by atoms with Crippen molar-refractivity contribution >= 4 is 5.91 Å². The van der Waals surface area contributed by atoms with Gasteiger partial charge in [0.15, 0.2) is 5.60 Å². The average molecular weight is 121 g/mol. The van der Waals surface area contributed by atoms with Crippen molar-refractivity contribution < 1.29 is 14.3 Å². The van der Waals surface area contributed by atoms with Crippen LogP contribution in [0.2, 0.25) is 0 Å². The van der Waals surface area contributed by atoms with E-state index in [1.807, 2.05) is 0 Å². The van der Waals surface area contributed by atoms with Gasteiger partial charge in [-0.1, -0.05) is 0 Å². The minimum Gasteiger partial charge on any atom is -0.367 e. The minimum atomic E-state index is -1.49. The fraction of sp³-hybridized carbons (Fsp3) is 0.750. The summed E-state index contributed by atoms with van der Waals surface area (Å²) in [6.45, 7) is 2.49. The monoisotopic (exact) mass is 121 g/mol. The van der Waals surface area contributed by atoms with Gasteiger partial charge in [-0.05, 0) is 18.4 Å². The van der Waals surface area contributed by atoms with Gasteiger partial charge in [-0.15, -0.1) is 0 Å². The molecule has 0 saturated carbocycles. The van der Waals surface area contributed by atoms with Gasteiger partial charge in [0.2, 0.25) is 0 Å². The van der Waals surface area contributed by atoms with Crippen molar-refractivity contribution in [3.8, 4) is 0 Å². The van der Waals surface area contributed by atoms with E-state index in [9.17, 15) is 9.32 Å². The number of nitrogens with two attached hydrogens (primary N) is 1. The Morgan fingerprint density at radius 1 is 1.75 bits per heavy atom. The molecule has 0 spiro atoms. The van der Waals surface area contributed by atoms with E-state index in [0.717, 1.165) is 0 Å². The van der Waals surface area contributed by atoms with Gasteiger partial charge in [-0.3, -0.25) is 4.79 Å². The van der Waals surface area contributed by atoms with E-state index >= 15 is 0 Å². The van der Waals surface area contributed by atoms with Crippen molar-refractivity contribution in [1.82, 2.24) is 0 Å². The Hall–Kier alpha value is -0.640. The van der Waals surface area contributed by atoms with Gasteiger partial charge in [-0.2, -0.15) is 4.94 Å². The molecule has 0 aliphatic heterocycles. The van der Waals surface area contributed by atoms with E-state index in [0.29, 0.717) is 0 Å². The smallest absolute Gasteiger partial charge is 0.252 e. The Labute approximate surface area is 46.5 Å². The molecule has 0 saturated heterocycles. The third-order valence-electron chi connectivity index (χ3n) is 0.786. The lowest BCUT2D eigenvalue weighted by atomic mass is 10.1. The van der Waals surface area contributed by atoms with Gasteiger partial charge < -0.3 is 5.73 Å². The third kappa shape index (κ3) is 1.46. The molecule has 4 heteroatoms. The number of rotatable bonds is 2. The molecular formula is C4H8FNO2. The lowest BCUT2D eigenvalue weighted by Crippen LogP contribution is -2.38. The molecule has 1 amide bonds. The second kappa shape index (κ2) is 2.09. The first-order chi connectivity index (χ1) is 3.50. The largest absolute Gasteiger partial charge is 0.367 e. The summed E-state index contributed by atoms with van der Waals surface area (Å²) in [5.74, 6) is -0.819. The van der Waals surface area contributed by atoms with Gasteiger partial charge >= 0.3 is 0 Å². The molecule has 0 heterocycles. The number of halogens is 1.